The lowest BCUT2D eigenvalue weighted by atomic mass is 9.99. The molecule has 90 valence electrons. The second-order valence-corrected chi connectivity index (χ2v) is 4.76. The first-order valence-electron chi connectivity index (χ1n) is 6.02. The molecule has 0 amide bonds. The Kier molecular flexibility index (Phi) is 2.34. The fourth-order valence-electron chi connectivity index (χ4n) is 2.36. The van der Waals surface area contributed by atoms with Crippen molar-refractivity contribution in [2.24, 2.45) is 7.05 Å². The normalized spacial score (nSPS) is 14.4. The molecule has 1 saturated carbocycles. The van der Waals surface area contributed by atoms with Crippen molar-refractivity contribution < 1.29 is 0 Å². The van der Waals surface area contributed by atoms with Crippen LogP contribution in [0.4, 0.5) is 5.69 Å². The predicted molar refractivity (Wildman–Crippen MR) is 69.7 cm³/mol. The van der Waals surface area contributed by atoms with E-state index in [4.69, 9.17) is 5.73 Å². The Morgan fingerprint density at radius 3 is 2.78 bits per heavy atom. The molecule has 0 radical (unpaired) electrons. The van der Waals surface area contributed by atoms with Crippen LogP contribution in [-0.4, -0.2) is 9.78 Å². The van der Waals surface area contributed by atoms with Gasteiger partial charge in [-0.15, -0.1) is 0 Å². The molecule has 0 spiro atoms. The monoisotopic (exact) mass is 238 g/mol. The summed E-state index contributed by atoms with van der Waals surface area (Å²) in [7, 11) is 1.85. The highest BCUT2D eigenvalue weighted by Crippen LogP contribution is 2.42. The molecule has 0 bridgehead atoms. The third-order valence-electron chi connectivity index (χ3n) is 3.43. The maximum atomic E-state index is 9.25. The fourth-order valence-corrected chi connectivity index (χ4v) is 2.36. The van der Waals surface area contributed by atoms with Crippen molar-refractivity contribution in [3.63, 3.8) is 0 Å². The minimum Gasteiger partial charge on any atom is -0.396 e. The molecule has 1 aliphatic carbocycles. The van der Waals surface area contributed by atoms with Crippen LogP contribution in [0.1, 0.15) is 29.9 Å². The maximum Gasteiger partial charge on any atom is 0.0994 e. The van der Waals surface area contributed by atoms with Gasteiger partial charge in [-0.1, -0.05) is 12.1 Å². The van der Waals surface area contributed by atoms with Gasteiger partial charge < -0.3 is 5.73 Å². The molecule has 1 heterocycles. The zero-order chi connectivity index (χ0) is 12.7. The van der Waals surface area contributed by atoms with Gasteiger partial charge in [0.25, 0.3) is 0 Å². The topological polar surface area (TPSA) is 67.6 Å². The maximum absolute atomic E-state index is 9.25. The summed E-state index contributed by atoms with van der Waals surface area (Å²) < 4.78 is 1.74. The van der Waals surface area contributed by atoms with Crippen LogP contribution in [0.2, 0.25) is 0 Å². The van der Waals surface area contributed by atoms with Crippen molar-refractivity contribution in [3.8, 4) is 17.3 Å². The van der Waals surface area contributed by atoms with Crippen molar-refractivity contribution in [1.82, 2.24) is 9.78 Å². The van der Waals surface area contributed by atoms with Crippen molar-refractivity contribution in [2.45, 2.75) is 18.8 Å². The average molecular weight is 238 g/mol. The number of rotatable bonds is 2. The lowest BCUT2D eigenvalue weighted by Crippen LogP contribution is -1.97. The van der Waals surface area contributed by atoms with Crippen LogP contribution in [0.5, 0.6) is 0 Å². The summed E-state index contributed by atoms with van der Waals surface area (Å²) in [5.74, 6) is 0.581. The number of benzene rings is 1. The van der Waals surface area contributed by atoms with Crippen LogP contribution in [0.15, 0.2) is 24.4 Å². The zero-order valence-corrected chi connectivity index (χ0v) is 10.2. The first-order chi connectivity index (χ1) is 8.70. The lowest BCUT2D eigenvalue weighted by Gasteiger charge is -2.07. The van der Waals surface area contributed by atoms with Crippen LogP contribution in [0, 0.1) is 11.3 Å². The number of nitrogens with two attached hydrogens (primary N) is 1. The molecular weight excluding hydrogens is 224 g/mol. The zero-order valence-electron chi connectivity index (χ0n) is 10.2. The second-order valence-electron chi connectivity index (χ2n) is 4.76. The molecule has 4 heteroatoms. The smallest absolute Gasteiger partial charge is 0.0994 e. The lowest BCUT2D eigenvalue weighted by molar-refractivity contribution is 0.776. The van der Waals surface area contributed by atoms with E-state index in [1.54, 1.807) is 10.9 Å². The van der Waals surface area contributed by atoms with E-state index < -0.39 is 0 Å². The fraction of sp³-hybridized carbons (Fsp3) is 0.286. The van der Waals surface area contributed by atoms with Crippen molar-refractivity contribution in [3.05, 3.63) is 35.5 Å². The number of hydrogen-bond donors (Lipinski definition) is 1. The molecule has 0 unspecified atom stereocenters. The van der Waals surface area contributed by atoms with Crippen LogP contribution < -0.4 is 5.73 Å². The number of nitriles is 1. The van der Waals surface area contributed by atoms with E-state index in [0.717, 1.165) is 16.8 Å². The third kappa shape index (κ3) is 1.65. The number of nitrogen functional groups attached to an aromatic ring is 1. The molecule has 18 heavy (non-hydrogen) atoms. The van der Waals surface area contributed by atoms with Gasteiger partial charge in [0, 0.05) is 12.6 Å². The number of aromatic nitrogens is 2. The molecule has 1 aromatic heterocycles. The van der Waals surface area contributed by atoms with E-state index in [1.807, 2.05) is 19.2 Å². The molecule has 0 saturated heterocycles. The van der Waals surface area contributed by atoms with E-state index in [9.17, 15) is 5.26 Å². The summed E-state index contributed by atoms with van der Waals surface area (Å²) in [6.07, 6.45) is 4.03. The van der Waals surface area contributed by atoms with Gasteiger partial charge in [-0.25, -0.2) is 0 Å². The van der Waals surface area contributed by atoms with E-state index in [2.05, 4.69) is 17.2 Å². The highest BCUT2D eigenvalue weighted by molar-refractivity contribution is 5.74. The highest BCUT2D eigenvalue weighted by Gasteiger charge is 2.26. The van der Waals surface area contributed by atoms with Crippen molar-refractivity contribution in [2.75, 3.05) is 5.73 Å². The summed E-state index contributed by atoms with van der Waals surface area (Å²) in [4.78, 5) is 0. The van der Waals surface area contributed by atoms with Crippen LogP contribution >= 0.6 is 0 Å². The molecule has 2 aromatic rings. The minimum atomic E-state index is 0.581. The number of aryl methyl sites for hydroxylation is 1. The number of nitrogens with zero attached hydrogens (tertiary/aromatic N) is 3. The van der Waals surface area contributed by atoms with Crippen LogP contribution in [0.25, 0.3) is 11.3 Å². The summed E-state index contributed by atoms with van der Waals surface area (Å²) in [6, 6.07) is 8.29. The number of anilines is 1. The Bertz CT molecular complexity index is 625. The quantitative estimate of drug-likeness (QED) is 0.873. The van der Waals surface area contributed by atoms with Gasteiger partial charge in [-0.3, -0.25) is 4.68 Å². The van der Waals surface area contributed by atoms with Gasteiger partial charge in [0.2, 0.25) is 0 Å². The Labute approximate surface area is 106 Å². The van der Waals surface area contributed by atoms with Gasteiger partial charge in [0.15, 0.2) is 0 Å². The largest absolute Gasteiger partial charge is 0.396 e. The van der Waals surface area contributed by atoms with Gasteiger partial charge >= 0.3 is 0 Å². The average Bonchev–Trinajstić information content (AvgIpc) is 3.16. The molecule has 2 N–H and O–H groups in total. The molecule has 1 aliphatic rings. The van der Waals surface area contributed by atoms with Gasteiger partial charge in [0.05, 0.1) is 29.2 Å². The Morgan fingerprint density at radius 2 is 2.22 bits per heavy atom. The molecule has 1 aromatic carbocycles. The molecule has 0 atom stereocenters. The van der Waals surface area contributed by atoms with E-state index >= 15 is 0 Å². The molecule has 4 nitrogen and oxygen atoms in total. The first-order valence-corrected chi connectivity index (χ1v) is 6.02. The summed E-state index contributed by atoms with van der Waals surface area (Å²) in [6.45, 7) is 0. The summed E-state index contributed by atoms with van der Waals surface area (Å²) in [5.41, 5.74) is 10.3. The standard InChI is InChI=1S/C14H14N4/c1-18-14(13(16)8-17-18)10-4-5-12(9-2-3-9)11(6-10)7-15/h4-6,8-9H,2-3,16H2,1H3. The van der Waals surface area contributed by atoms with Crippen LogP contribution in [-0.2, 0) is 7.05 Å². The minimum absolute atomic E-state index is 0.581. The van der Waals surface area contributed by atoms with E-state index in [-0.39, 0.29) is 0 Å². The van der Waals surface area contributed by atoms with E-state index in [1.165, 1.54) is 18.4 Å². The Hall–Kier alpha value is -2.28. The van der Waals surface area contributed by atoms with Crippen LogP contribution in [0.3, 0.4) is 0 Å². The first kappa shape index (κ1) is 10.8. The van der Waals surface area contributed by atoms with Gasteiger partial charge in [-0.2, -0.15) is 10.4 Å². The second kappa shape index (κ2) is 3.88. The Morgan fingerprint density at radius 1 is 1.44 bits per heavy atom. The summed E-state index contributed by atoms with van der Waals surface area (Å²) >= 11 is 0. The molecule has 3 rings (SSSR count). The molecular formula is C14H14N4. The number of hydrogen-bond acceptors (Lipinski definition) is 3. The SMILES string of the molecule is Cn1ncc(N)c1-c1ccc(C2CC2)c(C#N)c1. The highest BCUT2D eigenvalue weighted by atomic mass is 15.3. The third-order valence-corrected chi connectivity index (χ3v) is 3.43. The Balaban J connectivity index is 2.12. The van der Waals surface area contributed by atoms with Gasteiger partial charge in [0.1, 0.15) is 0 Å². The van der Waals surface area contributed by atoms with Gasteiger partial charge in [-0.05, 0) is 30.4 Å². The van der Waals surface area contributed by atoms with Crippen molar-refractivity contribution in [1.29, 1.82) is 5.26 Å². The predicted octanol–water partition coefficient (Wildman–Crippen LogP) is 2.42. The molecule has 0 aliphatic heterocycles. The summed E-state index contributed by atoms with van der Waals surface area (Å²) in [5, 5.41) is 13.4. The van der Waals surface area contributed by atoms with Crippen molar-refractivity contribution >= 4 is 5.69 Å². The van der Waals surface area contributed by atoms with E-state index in [0.29, 0.717) is 11.6 Å². The molecule has 1 fully saturated rings.